The van der Waals surface area contributed by atoms with Crippen LogP contribution in [0.5, 0.6) is 0 Å². The SMILES string of the molecule is C[C@H](C(=O)NCc1ccccc1)N(C)Cc1ccccc1Br. The molecule has 0 radical (unpaired) electrons. The first-order valence-corrected chi connectivity index (χ1v) is 8.12. The van der Waals surface area contributed by atoms with Gasteiger partial charge < -0.3 is 5.32 Å². The summed E-state index contributed by atoms with van der Waals surface area (Å²) in [5.41, 5.74) is 2.28. The molecule has 0 aliphatic heterocycles. The molecular weight excluding hydrogens is 340 g/mol. The van der Waals surface area contributed by atoms with Gasteiger partial charge in [0, 0.05) is 17.6 Å². The van der Waals surface area contributed by atoms with Gasteiger partial charge in [0.2, 0.25) is 5.91 Å². The van der Waals surface area contributed by atoms with Crippen molar-refractivity contribution in [3.63, 3.8) is 0 Å². The van der Waals surface area contributed by atoms with Crippen molar-refractivity contribution in [3.05, 3.63) is 70.2 Å². The number of amides is 1. The summed E-state index contributed by atoms with van der Waals surface area (Å²) in [5.74, 6) is 0.0402. The molecule has 116 valence electrons. The summed E-state index contributed by atoms with van der Waals surface area (Å²) in [4.78, 5) is 14.3. The largest absolute Gasteiger partial charge is 0.351 e. The van der Waals surface area contributed by atoms with Gasteiger partial charge >= 0.3 is 0 Å². The smallest absolute Gasteiger partial charge is 0.237 e. The van der Waals surface area contributed by atoms with Crippen molar-refractivity contribution in [1.82, 2.24) is 10.2 Å². The van der Waals surface area contributed by atoms with Crippen LogP contribution in [-0.2, 0) is 17.9 Å². The zero-order chi connectivity index (χ0) is 15.9. The minimum atomic E-state index is -0.184. The lowest BCUT2D eigenvalue weighted by atomic mass is 10.2. The number of carbonyl (C=O) groups excluding carboxylic acids is 1. The van der Waals surface area contributed by atoms with Crippen LogP contribution in [0.4, 0.5) is 0 Å². The van der Waals surface area contributed by atoms with Crippen LogP contribution in [0, 0.1) is 0 Å². The van der Waals surface area contributed by atoms with Gasteiger partial charge in [-0.15, -0.1) is 0 Å². The van der Waals surface area contributed by atoms with E-state index in [1.54, 1.807) is 0 Å². The van der Waals surface area contributed by atoms with Crippen LogP contribution >= 0.6 is 15.9 Å². The number of halogens is 1. The molecule has 0 fully saturated rings. The normalized spacial score (nSPS) is 12.2. The molecule has 3 nitrogen and oxygen atoms in total. The molecule has 0 saturated carbocycles. The second kappa shape index (κ2) is 8.11. The average Bonchev–Trinajstić information content (AvgIpc) is 2.55. The molecule has 0 bridgehead atoms. The van der Waals surface area contributed by atoms with Crippen LogP contribution in [0.2, 0.25) is 0 Å². The number of benzene rings is 2. The van der Waals surface area contributed by atoms with E-state index in [-0.39, 0.29) is 11.9 Å². The van der Waals surface area contributed by atoms with Crippen LogP contribution < -0.4 is 5.32 Å². The third kappa shape index (κ3) is 4.68. The summed E-state index contributed by atoms with van der Waals surface area (Å²) in [5, 5.41) is 2.99. The monoisotopic (exact) mass is 360 g/mol. The fourth-order valence-corrected chi connectivity index (χ4v) is 2.58. The average molecular weight is 361 g/mol. The summed E-state index contributed by atoms with van der Waals surface area (Å²) in [7, 11) is 1.96. The van der Waals surface area contributed by atoms with Crippen molar-refractivity contribution < 1.29 is 4.79 Å². The lowest BCUT2D eigenvalue weighted by Gasteiger charge is -2.24. The second-order valence-electron chi connectivity index (χ2n) is 5.39. The third-order valence-corrected chi connectivity index (χ3v) is 4.50. The predicted octanol–water partition coefficient (Wildman–Crippen LogP) is 3.59. The van der Waals surface area contributed by atoms with Crippen molar-refractivity contribution in [2.45, 2.75) is 26.1 Å². The fraction of sp³-hybridized carbons (Fsp3) is 0.278. The predicted molar refractivity (Wildman–Crippen MR) is 93.4 cm³/mol. The van der Waals surface area contributed by atoms with E-state index in [2.05, 4.69) is 27.3 Å². The number of likely N-dealkylation sites (N-methyl/N-ethyl adjacent to an activating group) is 1. The van der Waals surface area contributed by atoms with Gasteiger partial charge in [-0.05, 0) is 31.2 Å². The highest BCUT2D eigenvalue weighted by Crippen LogP contribution is 2.18. The number of nitrogens with one attached hydrogen (secondary N) is 1. The molecule has 0 spiro atoms. The Hall–Kier alpha value is -1.65. The van der Waals surface area contributed by atoms with Crippen molar-refractivity contribution in [3.8, 4) is 0 Å². The van der Waals surface area contributed by atoms with E-state index >= 15 is 0 Å². The van der Waals surface area contributed by atoms with E-state index in [4.69, 9.17) is 0 Å². The van der Waals surface area contributed by atoms with E-state index in [1.807, 2.05) is 67.4 Å². The lowest BCUT2D eigenvalue weighted by molar-refractivity contribution is -0.125. The molecule has 1 atom stereocenters. The summed E-state index contributed by atoms with van der Waals surface area (Å²) < 4.78 is 1.07. The van der Waals surface area contributed by atoms with Gasteiger partial charge in [0.05, 0.1) is 6.04 Å². The molecule has 1 amide bonds. The number of hydrogen-bond donors (Lipinski definition) is 1. The van der Waals surface area contributed by atoms with Gasteiger partial charge in [-0.2, -0.15) is 0 Å². The zero-order valence-corrected chi connectivity index (χ0v) is 14.5. The quantitative estimate of drug-likeness (QED) is 0.853. The number of hydrogen-bond acceptors (Lipinski definition) is 2. The molecule has 0 aliphatic carbocycles. The standard InChI is InChI=1S/C18H21BrN2O/c1-14(18(22)20-12-15-8-4-3-5-9-15)21(2)13-16-10-6-7-11-17(16)19/h3-11,14H,12-13H2,1-2H3,(H,20,22)/t14-/m1/s1. The van der Waals surface area contributed by atoms with Crippen LogP contribution in [0.25, 0.3) is 0 Å². The second-order valence-corrected chi connectivity index (χ2v) is 6.24. The van der Waals surface area contributed by atoms with Crippen molar-refractivity contribution in [2.75, 3.05) is 7.05 Å². The Balaban J connectivity index is 1.88. The van der Waals surface area contributed by atoms with Gasteiger partial charge in [0.1, 0.15) is 0 Å². The Labute approximate surface area is 140 Å². The zero-order valence-electron chi connectivity index (χ0n) is 12.9. The Bertz CT molecular complexity index is 615. The van der Waals surface area contributed by atoms with Crippen LogP contribution in [-0.4, -0.2) is 23.9 Å². The fourth-order valence-electron chi connectivity index (χ4n) is 2.17. The van der Waals surface area contributed by atoms with Crippen LogP contribution in [0.15, 0.2) is 59.1 Å². The van der Waals surface area contributed by atoms with Crippen molar-refractivity contribution in [2.24, 2.45) is 0 Å². The Morgan fingerprint density at radius 1 is 1.14 bits per heavy atom. The van der Waals surface area contributed by atoms with Gasteiger partial charge in [0.15, 0.2) is 0 Å². The van der Waals surface area contributed by atoms with Gasteiger partial charge in [-0.3, -0.25) is 9.69 Å². The maximum absolute atomic E-state index is 12.3. The summed E-state index contributed by atoms with van der Waals surface area (Å²) in [6.07, 6.45) is 0. The maximum atomic E-state index is 12.3. The molecule has 22 heavy (non-hydrogen) atoms. The van der Waals surface area contributed by atoms with E-state index in [1.165, 1.54) is 5.56 Å². The Morgan fingerprint density at radius 2 is 1.77 bits per heavy atom. The van der Waals surface area contributed by atoms with E-state index < -0.39 is 0 Å². The number of carbonyl (C=O) groups is 1. The molecule has 2 rings (SSSR count). The molecule has 4 heteroatoms. The Kier molecular flexibility index (Phi) is 6.16. The van der Waals surface area contributed by atoms with E-state index in [0.717, 1.165) is 16.6 Å². The minimum Gasteiger partial charge on any atom is -0.351 e. The minimum absolute atomic E-state index is 0.0402. The summed E-state index contributed by atoms with van der Waals surface area (Å²) in [6, 6.07) is 17.8. The van der Waals surface area contributed by atoms with Gasteiger partial charge in [-0.1, -0.05) is 64.5 Å². The van der Waals surface area contributed by atoms with Gasteiger partial charge in [0.25, 0.3) is 0 Å². The topological polar surface area (TPSA) is 32.3 Å². The molecule has 2 aromatic carbocycles. The first-order chi connectivity index (χ1) is 10.6. The third-order valence-electron chi connectivity index (χ3n) is 3.73. The van der Waals surface area contributed by atoms with Crippen molar-refractivity contribution >= 4 is 21.8 Å². The number of nitrogens with zero attached hydrogens (tertiary/aromatic N) is 1. The van der Waals surface area contributed by atoms with Crippen molar-refractivity contribution in [1.29, 1.82) is 0 Å². The van der Waals surface area contributed by atoms with Gasteiger partial charge in [-0.25, -0.2) is 0 Å². The lowest BCUT2D eigenvalue weighted by Crippen LogP contribution is -2.42. The van der Waals surface area contributed by atoms with Crippen LogP contribution in [0.1, 0.15) is 18.1 Å². The molecule has 2 aromatic rings. The van der Waals surface area contributed by atoms with E-state index in [0.29, 0.717) is 6.54 Å². The molecular formula is C18H21BrN2O. The maximum Gasteiger partial charge on any atom is 0.237 e. The molecule has 0 unspecified atom stereocenters. The molecule has 0 heterocycles. The number of rotatable bonds is 6. The summed E-state index contributed by atoms with van der Waals surface area (Å²) >= 11 is 3.55. The summed E-state index contributed by atoms with van der Waals surface area (Å²) in [6.45, 7) is 3.21. The molecule has 0 aromatic heterocycles. The highest BCUT2D eigenvalue weighted by molar-refractivity contribution is 9.10. The molecule has 0 saturated heterocycles. The molecule has 1 N–H and O–H groups in total. The highest BCUT2D eigenvalue weighted by Gasteiger charge is 2.18. The molecule has 0 aliphatic rings. The highest BCUT2D eigenvalue weighted by atomic mass is 79.9. The first kappa shape index (κ1) is 16.7. The van der Waals surface area contributed by atoms with E-state index in [9.17, 15) is 4.79 Å². The first-order valence-electron chi connectivity index (χ1n) is 7.33. The Morgan fingerprint density at radius 3 is 2.45 bits per heavy atom. The van der Waals surface area contributed by atoms with Crippen LogP contribution in [0.3, 0.4) is 0 Å².